The van der Waals surface area contributed by atoms with Crippen molar-refractivity contribution in [2.75, 3.05) is 5.32 Å². The fourth-order valence-electron chi connectivity index (χ4n) is 1.59. The van der Waals surface area contributed by atoms with E-state index < -0.39 is 0 Å². The van der Waals surface area contributed by atoms with Crippen LogP contribution >= 0.6 is 23.2 Å². The number of benzene rings is 2. The molecule has 1 amide bonds. The lowest BCUT2D eigenvalue weighted by atomic mass is 10.1. The Bertz CT molecular complexity index is 597. The van der Waals surface area contributed by atoms with E-state index in [0.29, 0.717) is 15.7 Å². The average Bonchev–Trinajstić information content (AvgIpc) is 2.37. The van der Waals surface area contributed by atoms with Gasteiger partial charge in [0.15, 0.2) is 0 Å². The Labute approximate surface area is 120 Å². The summed E-state index contributed by atoms with van der Waals surface area (Å²) in [6.45, 7) is 0. The molecule has 0 aromatic heterocycles. The van der Waals surface area contributed by atoms with Crippen LogP contribution in [0, 0.1) is 0 Å². The maximum atomic E-state index is 11.8. The maximum absolute atomic E-state index is 11.8. The van der Waals surface area contributed by atoms with Gasteiger partial charge in [-0.1, -0.05) is 35.3 Å². The number of hydrogen-bond donors (Lipinski definition) is 2. The molecule has 2 N–H and O–H groups in total. The number of hydrogen-bond acceptors (Lipinski definition) is 2. The Morgan fingerprint density at radius 2 is 1.68 bits per heavy atom. The highest BCUT2D eigenvalue weighted by atomic mass is 35.5. The first-order chi connectivity index (χ1) is 9.04. The molecular formula is C14H11Cl2NO2. The molecule has 2 aromatic rings. The van der Waals surface area contributed by atoms with Gasteiger partial charge in [0, 0.05) is 10.0 Å². The molecule has 2 rings (SSSR count). The van der Waals surface area contributed by atoms with E-state index in [2.05, 4.69) is 5.32 Å². The van der Waals surface area contributed by atoms with E-state index in [-0.39, 0.29) is 18.1 Å². The highest BCUT2D eigenvalue weighted by Crippen LogP contribution is 2.26. The minimum Gasteiger partial charge on any atom is -0.506 e. The first-order valence-corrected chi connectivity index (χ1v) is 6.33. The summed E-state index contributed by atoms with van der Waals surface area (Å²) in [6.07, 6.45) is 0.198. The van der Waals surface area contributed by atoms with Gasteiger partial charge in [0.05, 0.1) is 12.1 Å². The smallest absolute Gasteiger partial charge is 0.228 e. The minimum atomic E-state index is -0.236. The summed E-state index contributed by atoms with van der Waals surface area (Å²) < 4.78 is 0. The van der Waals surface area contributed by atoms with Gasteiger partial charge in [-0.3, -0.25) is 4.79 Å². The molecule has 0 atom stereocenters. The van der Waals surface area contributed by atoms with Gasteiger partial charge in [-0.15, -0.1) is 0 Å². The number of aromatic hydroxyl groups is 1. The van der Waals surface area contributed by atoms with E-state index in [4.69, 9.17) is 23.2 Å². The molecule has 0 saturated heterocycles. The van der Waals surface area contributed by atoms with Crippen molar-refractivity contribution in [3.63, 3.8) is 0 Å². The summed E-state index contributed by atoms with van der Waals surface area (Å²) in [4.78, 5) is 11.8. The summed E-state index contributed by atoms with van der Waals surface area (Å²) in [5.41, 5.74) is 1.13. The zero-order valence-corrected chi connectivity index (χ0v) is 11.4. The SMILES string of the molecule is O=C(Cc1ccc(Cl)cc1)Nc1cc(Cl)ccc1O. The molecule has 98 valence electrons. The number of phenolic OH excluding ortho intramolecular Hbond substituents is 1. The van der Waals surface area contributed by atoms with E-state index in [9.17, 15) is 9.90 Å². The standard InChI is InChI=1S/C14H11Cl2NO2/c15-10-3-1-9(2-4-10)7-14(19)17-12-8-11(16)5-6-13(12)18/h1-6,8,18H,7H2,(H,17,19). The molecule has 0 unspecified atom stereocenters. The van der Waals surface area contributed by atoms with Crippen molar-refractivity contribution < 1.29 is 9.90 Å². The molecular weight excluding hydrogens is 285 g/mol. The molecule has 0 aliphatic heterocycles. The topological polar surface area (TPSA) is 49.3 Å². The van der Waals surface area contributed by atoms with E-state index in [1.807, 2.05) is 0 Å². The molecule has 0 aliphatic carbocycles. The number of rotatable bonds is 3. The van der Waals surface area contributed by atoms with Crippen molar-refractivity contribution in [1.82, 2.24) is 0 Å². The fraction of sp³-hybridized carbons (Fsp3) is 0.0714. The molecule has 0 saturated carbocycles. The normalized spacial score (nSPS) is 10.2. The van der Waals surface area contributed by atoms with Crippen LogP contribution in [0.15, 0.2) is 42.5 Å². The van der Waals surface area contributed by atoms with Gasteiger partial charge in [0.2, 0.25) is 5.91 Å². The van der Waals surface area contributed by atoms with Gasteiger partial charge in [-0.05, 0) is 35.9 Å². The Kier molecular flexibility index (Phi) is 4.30. The molecule has 0 heterocycles. The van der Waals surface area contributed by atoms with Crippen LogP contribution in [0.1, 0.15) is 5.56 Å². The van der Waals surface area contributed by atoms with Crippen molar-refractivity contribution in [2.24, 2.45) is 0 Å². The molecule has 19 heavy (non-hydrogen) atoms. The quantitative estimate of drug-likeness (QED) is 0.844. The summed E-state index contributed by atoms with van der Waals surface area (Å²) in [5.74, 6) is -0.256. The lowest BCUT2D eigenvalue weighted by Crippen LogP contribution is -2.14. The van der Waals surface area contributed by atoms with Crippen molar-refractivity contribution in [3.05, 3.63) is 58.1 Å². The zero-order chi connectivity index (χ0) is 13.8. The molecule has 0 aliphatic rings. The third-order valence-electron chi connectivity index (χ3n) is 2.51. The second-order valence-corrected chi connectivity index (χ2v) is 4.89. The van der Waals surface area contributed by atoms with Crippen molar-refractivity contribution in [1.29, 1.82) is 0 Å². The average molecular weight is 296 g/mol. The van der Waals surface area contributed by atoms with Crippen LogP contribution in [-0.2, 0) is 11.2 Å². The summed E-state index contributed by atoms with van der Waals surface area (Å²) in [7, 11) is 0. The zero-order valence-electron chi connectivity index (χ0n) is 9.86. The number of carbonyl (C=O) groups excluding carboxylic acids is 1. The fourth-order valence-corrected chi connectivity index (χ4v) is 1.89. The number of nitrogens with one attached hydrogen (secondary N) is 1. The Balaban J connectivity index is 2.05. The lowest BCUT2D eigenvalue weighted by molar-refractivity contribution is -0.115. The number of carbonyl (C=O) groups is 1. The summed E-state index contributed by atoms with van der Waals surface area (Å²) in [6, 6.07) is 11.5. The van der Waals surface area contributed by atoms with E-state index in [0.717, 1.165) is 5.56 Å². The lowest BCUT2D eigenvalue weighted by Gasteiger charge is -2.07. The van der Waals surface area contributed by atoms with Crippen LogP contribution in [-0.4, -0.2) is 11.0 Å². The van der Waals surface area contributed by atoms with Gasteiger partial charge >= 0.3 is 0 Å². The second-order valence-electron chi connectivity index (χ2n) is 4.01. The van der Waals surface area contributed by atoms with Gasteiger partial charge in [-0.25, -0.2) is 0 Å². The molecule has 0 spiro atoms. The number of halogens is 2. The number of anilines is 1. The van der Waals surface area contributed by atoms with Gasteiger partial charge in [-0.2, -0.15) is 0 Å². The Hall–Kier alpha value is -1.71. The van der Waals surface area contributed by atoms with Crippen molar-refractivity contribution in [3.8, 4) is 5.75 Å². The highest BCUT2D eigenvalue weighted by Gasteiger charge is 2.08. The Morgan fingerprint density at radius 1 is 1.05 bits per heavy atom. The van der Waals surface area contributed by atoms with E-state index in [1.54, 1.807) is 30.3 Å². The van der Waals surface area contributed by atoms with Crippen molar-refractivity contribution >= 4 is 34.8 Å². The molecule has 0 radical (unpaired) electrons. The van der Waals surface area contributed by atoms with Crippen LogP contribution in [0.4, 0.5) is 5.69 Å². The number of phenols is 1. The largest absolute Gasteiger partial charge is 0.506 e. The molecule has 3 nitrogen and oxygen atoms in total. The molecule has 2 aromatic carbocycles. The predicted octanol–water partition coefficient (Wildman–Crippen LogP) is 3.88. The van der Waals surface area contributed by atoms with Gasteiger partial charge < -0.3 is 10.4 Å². The molecule has 0 bridgehead atoms. The Morgan fingerprint density at radius 3 is 2.37 bits per heavy atom. The molecule has 0 fully saturated rings. The monoisotopic (exact) mass is 295 g/mol. The number of amides is 1. The minimum absolute atomic E-state index is 0.0196. The van der Waals surface area contributed by atoms with E-state index in [1.165, 1.54) is 12.1 Å². The first-order valence-electron chi connectivity index (χ1n) is 5.57. The van der Waals surface area contributed by atoms with Gasteiger partial charge in [0.1, 0.15) is 5.75 Å². The third kappa shape index (κ3) is 3.88. The first kappa shape index (κ1) is 13.7. The van der Waals surface area contributed by atoms with Crippen LogP contribution < -0.4 is 5.32 Å². The van der Waals surface area contributed by atoms with Gasteiger partial charge in [0.25, 0.3) is 0 Å². The summed E-state index contributed by atoms with van der Waals surface area (Å²) >= 11 is 11.6. The van der Waals surface area contributed by atoms with Crippen LogP contribution in [0.5, 0.6) is 5.75 Å². The molecule has 5 heteroatoms. The van der Waals surface area contributed by atoms with E-state index >= 15 is 0 Å². The predicted molar refractivity (Wildman–Crippen MR) is 76.9 cm³/mol. The van der Waals surface area contributed by atoms with Crippen LogP contribution in [0.25, 0.3) is 0 Å². The third-order valence-corrected chi connectivity index (χ3v) is 3.00. The summed E-state index contributed by atoms with van der Waals surface area (Å²) in [5, 5.41) is 13.3. The van der Waals surface area contributed by atoms with Crippen LogP contribution in [0.3, 0.4) is 0 Å². The second kappa shape index (κ2) is 5.95. The van der Waals surface area contributed by atoms with Crippen molar-refractivity contribution in [2.45, 2.75) is 6.42 Å². The maximum Gasteiger partial charge on any atom is 0.228 e. The highest BCUT2D eigenvalue weighted by molar-refractivity contribution is 6.31. The van der Waals surface area contributed by atoms with Crippen LogP contribution in [0.2, 0.25) is 10.0 Å².